The van der Waals surface area contributed by atoms with Gasteiger partial charge in [-0.25, -0.2) is 4.98 Å². The van der Waals surface area contributed by atoms with Crippen molar-refractivity contribution in [2.45, 2.75) is 6.42 Å². The number of carbonyl (C=O) groups excluding carboxylic acids is 1. The normalized spacial score (nSPS) is 10.7. The van der Waals surface area contributed by atoms with E-state index in [1.54, 1.807) is 18.4 Å². The molecule has 0 saturated heterocycles. The van der Waals surface area contributed by atoms with Crippen molar-refractivity contribution in [3.8, 4) is 27.6 Å². The molecule has 0 unspecified atom stereocenters. The third kappa shape index (κ3) is 4.37. The van der Waals surface area contributed by atoms with Gasteiger partial charge in [0.15, 0.2) is 0 Å². The number of hydrogen-bond acceptors (Lipinski definition) is 5. The van der Waals surface area contributed by atoms with Crippen LogP contribution in [0.4, 0.5) is 0 Å². The SMILES string of the molecule is COc1ccc(-c2[nH]ncc2C(=O)NCCc2csc(-c3ccccc3Cl)n2)cc1. The average molecular weight is 439 g/mol. The monoisotopic (exact) mass is 438 g/mol. The topological polar surface area (TPSA) is 79.9 Å². The van der Waals surface area contributed by atoms with Crippen molar-refractivity contribution in [1.82, 2.24) is 20.5 Å². The summed E-state index contributed by atoms with van der Waals surface area (Å²) in [7, 11) is 1.61. The lowest BCUT2D eigenvalue weighted by atomic mass is 10.1. The van der Waals surface area contributed by atoms with Crippen LogP contribution in [0.5, 0.6) is 5.75 Å². The van der Waals surface area contributed by atoms with Crippen molar-refractivity contribution in [1.29, 1.82) is 0 Å². The summed E-state index contributed by atoms with van der Waals surface area (Å²) < 4.78 is 5.18. The number of methoxy groups -OCH3 is 1. The first-order valence-corrected chi connectivity index (χ1v) is 10.6. The Morgan fingerprint density at radius 1 is 1.20 bits per heavy atom. The van der Waals surface area contributed by atoms with Gasteiger partial charge in [-0.15, -0.1) is 11.3 Å². The number of aromatic nitrogens is 3. The lowest BCUT2D eigenvalue weighted by Gasteiger charge is -2.06. The summed E-state index contributed by atoms with van der Waals surface area (Å²) in [6.07, 6.45) is 2.16. The number of halogens is 1. The second-order valence-corrected chi connectivity index (χ2v) is 7.78. The summed E-state index contributed by atoms with van der Waals surface area (Å²) in [5.74, 6) is 0.569. The Kier molecular flexibility index (Phi) is 6.11. The van der Waals surface area contributed by atoms with E-state index in [-0.39, 0.29) is 5.91 Å². The molecule has 2 N–H and O–H groups in total. The molecule has 0 aliphatic carbocycles. The summed E-state index contributed by atoms with van der Waals surface area (Å²) in [6, 6.07) is 15.1. The van der Waals surface area contributed by atoms with Crippen molar-refractivity contribution in [3.63, 3.8) is 0 Å². The standard InChI is InChI=1S/C22H19ClN4O2S/c1-29-16-8-6-14(7-9-16)20-18(12-25-27-20)21(28)24-11-10-15-13-30-22(26-15)17-4-2-3-5-19(17)23/h2-9,12-13H,10-11H2,1H3,(H,24,28)(H,25,27). The Bertz CT molecular complexity index is 1150. The fourth-order valence-electron chi connectivity index (χ4n) is 3.02. The highest BCUT2D eigenvalue weighted by molar-refractivity contribution is 7.13. The molecule has 0 spiro atoms. The van der Waals surface area contributed by atoms with Crippen LogP contribution >= 0.6 is 22.9 Å². The molecular formula is C22H19ClN4O2S. The Hall–Kier alpha value is -3.16. The number of thiazole rings is 1. The van der Waals surface area contributed by atoms with E-state index >= 15 is 0 Å². The van der Waals surface area contributed by atoms with Gasteiger partial charge in [0.25, 0.3) is 5.91 Å². The predicted molar refractivity (Wildman–Crippen MR) is 119 cm³/mol. The van der Waals surface area contributed by atoms with Gasteiger partial charge in [-0.1, -0.05) is 29.8 Å². The maximum absolute atomic E-state index is 12.7. The average Bonchev–Trinajstić information content (AvgIpc) is 3.44. The third-order valence-corrected chi connectivity index (χ3v) is 5.84. The van der Waals surface area contributed by atoms with Gasteiger partial charge in [-0.05, 0) is 30.3 Å². The number of H-pyrrole nitrogens is 1. The van der Waals surface area contributed by atoms with Crippen LogP contribution in [0.25, 0.3) is 21.8 Å². The maximum Gasteiger partial charge on any atom is 0.255 e. The molecule has 4 aromatic rings. The molecule has 30 heavy (non-hydrogen) atoms. The lowest BCUT2D eigenvalue weighted by molar-refractivity contribution is 0.0955. The summed E-state index contributed by atoms with van der Waals surface area (Å²) in [4.78, 5) is 17.3. The summed E-state index contributed by atoms with van der Waals surface area (Å²) in [5.41, 5.74) is 3.86. The minimum atomic E-state index is -0.184. The number of nitrogens with one attached hydrogen (secondary N) is 2. The first kappa shape index (κ1) is 20.1. The van der Waals surface area contributed by atoms with E-state index in [2.05, 4.69) is 20.5 Å². The molecule has 8 heteroatoms. The van der Waals surface area contributed by atoms with E-state index in [1.165, 1.54) is 6.20 Å². The maximum atomic E-state index is 12.7. The zero-order valence-electron chi connectivity index (χ0n) is 16.2. The number of ether oxygens (including phenoxy) is 1. The van der Waals surface area contributed by atoms with Crippen molar-refractivity contribution >= 4 is 28.8 Å². The van der Waals surface area contributed by atoms with Gasteiger partial charge in [0.05, 0.1) is 35.3 Å². The van der Waals surface area contributed by atoms with Crippen LogP contribution in [0.3, 0.4) is 0 Å². The molecule has 0 fully saturated rings. The molecule has 0 radical (unpaired) electrons. The minimum absolute atomic E-state index is 0.184. The molecule has 0 aliphatic heterocycles. The lowest BCUT2D eigenvalue weighted by Crippen LogP contribution is -2.25. The number of amides is 1. The van der Waals surface area contributed by atoms with Gasteiger partial charge in [0.2, 0.25) is 0 Å². The largest absolute Gasteiger partial charge is 0.497 e. The Morgan fingerprint density at radius 2 is 2.00 bits per heavy atom. The summed E-state index contributed by atoms with van der Waals surface area (Å²) >= 11 is 7.79. The number of benzene rings is 2. The molecular weight excluding hydrogens is 420 g/mol. The predicted octanol–water partition coefficient (Wildman–Crippen LogP) is 4.83. The summed E-state index contributed by atoms with van der Waals surface area (Å²) in [5, 5.41) is 13.4. The summed E-state index contributed by atoms with van der Waals surface area (Å²) in [6.45, 7) is 0.470. The van der Waals surface area contributed by atoms with Gasteiger partial charge in [0, 0.05) is 29.5 Å². The molecule has 2 aromatic carbocycles. The van der Waals surface area contributed by atoms with Gasteiger partial charge in [0.1, 0.15) is 10.8 Å². The van der Waals surface area contributed by atoms with E-state index in [4.69, 9.17) is 16.3 Å². The number of carbonyl (C=O) groups is 1. The van der Waals surface area contributed by atoms with Crippen molar-refractivity contribution in [2.24, 2.45) is 0 Å². The molecule has 1 amide bonds. The van der Waals surface area contributed by atoms with E-state index < -0.39 is 0 Å². The molecule has 4 rings (SSSR count). The van der Waals surface area contributed by atoms with Crippen LogP contribution in [-0.2, 0) is 6.42 Å². The van der Waals surface area contributed by atoms with Crippen LogP contribution in [0, 0.1) is 0 Å². The van der Waals surface area contributed by atoms with Crippen LogP contribution in [-0.4, -0.2) is 34.7 Å². The third-order valence-electron chi connectivity index (χ3n) is 4.59. The van der Waals surface area contributed by atoms with Crippen LogP contribution in [0.2, 0.25) is 5.02 Å². The van der Waals surface area contributed by atoms with Crippen molar-refractivity contribution in [3.05, 3.63) is 76.4 Å². The zero-order chi connectivity index (χ0) is 20.9. The number of nitrogens with zero attached hydrogens (tertiary/aromatic N) is 2. The number of hydrogen-bond donors (Lipinski definition) is 2. The highest BCUT2D eigenvalue weighted by Gasteiger charge is 2.15. The second kappa shape index (κ2) is 9.11. The minimum Gasteiger partial charge on any atom is -0.497 e. The van der Waals surface area contributed by atoms with E-state index in [1.807, 2.05) is 53.9 Å². The van der Waals surface area contributed by atoms with Gasteiger partial charge in [-0.2, -0.15) is 5.10 Å². The van der Waals surface area contributed by atoms with Gasteiger partial charge < -0.3 is 10.1 Å². The van der Waals surface area contributed by atoms with E-state index in [0.717, 1.165) is 27.6 Å². The van der Waals surface area contributed by atoms with Crippen molar-refractivity contribution < 1.29 is 9.53 Å². The molecule has 2 heterocycles. The highest BCUT2D eigenvalue weighted by atomic mass is 35.5. The molecule has 0 bridgehead atoms. The number of rotatable bonds is 7. The smallest absolute Gasteiger partial charge is 0.255 e. The van der Waals surface area contributed by atoms with Crippen LogP contribution < -0.4 is 10.1 Å². The fourth-order valence-corrected chi connectivity index (χ4v) is 4.19. The Morgan fingerprint density at radius 3 is 2.77 bits per heavy atom. The molecule has 0 saturated carbocycles. The quantitative estimate of drug-likeness (QED) is 0.433. The fraction of sp³-hybridized carbons (Fsp3) is 0.136. The molecule has 152 valence electrons. The first-order chi connectivity index (χ1) is 14.7. The van der Waals surface area contributed by atoms with E-state index in [0.29, 0.717) is 29.2 Å². The van der Waals surface area contributed by atoms with Gasteiger partial charge in [-0.3, -0.25) is 9.89 Å². The highest BCUT2D eigenvalue weighted by Crippen LogP contribution is 2.30. The zero-order valence-corrected chi connectivity index (χ0v) is 17.8. The van der Waals surface area contributed by atoms with Crippen LogP contribution in [0.15, 0.2) is 60.1 Å². The Labute approximate surface area is 182 Å². The molecule has 0 atom stereocenters. The van der Waals surface area contributed by atoms with Gasteiger partial charge >= 0.3 is 0 Å². The molecule has 0 aliphatic rings. The molecule has 6 nitrogen and oxygen atoms in total. The molecule has 2 aromatic heterocycles. The van der Waals surface area contributed by atoms with Crippen molar-refractivity contribution in [2.75, 3.05) is 13.7 Å². The second-order valence-electron chi connectivity index (χ2n) is 6.52. The number of aromatic amines is 1. The Balaban J connectivity index is 1.38. The van der Waals surface area contributed by atoms with E-state index in [9.17, 15) is 4.79 Å². The first-order valence-electron chi connectivity index (χ1n) is 9.31. The van der Waals surface area contributed by atoms with Crippen LogP contribution in [0.1, 0.15) is 16.1 Å².